The molecule has 118 heavy (non-hydrogen) atoms. The lowest BCUT2D eigenvalue weighted by Crippen LogP contribution is -2.41. The van der Waals surface area contributed by atoms with E-state index in [0.29, 0.717) is 81.3 Å². The van der Waals surface area contributed by atoms with Crippen molar-refractivity contribution < 1.29 is 84.6 Å². The van der Waals surface area contributed by atoms with Gasteiger partial charge >= 0.3 is 38.1 Å². The third kappa shape index (κ3) is 29.4. The number of nitrogens with one attached hydrogen (secondary N) is 4. The molecule has 4 aliphatic heterocycles. The van der Waals surface area contributed by atoms with Gasteiger partial charge in [0.2, 0.25) is 22.2 Å². The molecule has 0 bridgehead atoms. The highest BCUT2D eigenvalue weighted by atomic mass is 79.9. The third-order valence-corrected chi connectivity index (χ3v) is 24.1. The fraction of sp³-hybridized carbons (Fsp3) is 0.590. The van der Waals surface area contributed by atoms with Gasteiger partial charge in [-0.15, -0.1) is 0 Å². The van der Waals surface area contributed by atoms with Crippen LogP contribution in [0.15, 0.2) is 65.5 Å². The highest BCUT2D eigenvalue weighted by molar-refractivity contribution is 9.10. The van der Waals surface area contributed by atoms with Gasteiger partial charge in [0, 0.05) is 87.1 Å². The number of halogens is 6. The average Bonchev–Trinajstić information content (AvgIpc) is 1.60. The maximum absolute atomic E-state index is 15.4. The minimum Gasteiger partial charge on any atom is -0.464 e. The minimum absolute atomic E-state index is 0.0144. The Morgan fingerprint density at radius 3 is 1.29 bits per heavy atom. The number of carbonyl (C=O) groups is 6. The summed E-state index contributed by atoms with van der Waals surface area (Å²) in [6.45, 7) is 45.2. The molecule has 648 valence electrons. The van der Waals surface area contributed by atoms with E-state index in [1.54, 1.807) is 35.2 Å². The molecule has 2 aromatic carbocycles. The molecule has 0 spiro atoms. The number of piperidine rings is 2. The van der Waals surface area contributed by atoms with Crippen molar-refractivity contribution in [3.05, 3.63) is 116 Å². The highest BCUT2D eigenvalue weighted by Gasteiger charge is 2.64. The summed E-state index contributed by atoms with van der Waals surface area (Å²) in [6.07, 6.45) is 5.31. The van der Waals surface area contributed by atoms with Gasteiger partial charge in [-0.2, -0.15) is 0 Å². The first kappa shape index (κ1) is 97.7. The molecule has 8 heterocycles. The Kier molecular flexibility index (Phi) is 34.3. The number of ether oxygens (including phenoxy) is 6. The molecule has 0 atom stereocenters. The number of esters is 2. The monoisotopic (exact) mass is 1800 g/mol. The van der Waals surface area contributed by atoms with Crippen LogP contribution >= 0.6 is 50.7 Å². The lowest BCUT2D eigenvalue weighted by Gasteiger charge is -2.35. The second-order valence-corrected chi connectivity index (χ2v) is 48.4. The molecular weight excluding hydrogens is 1690 g/mol. The number of alkyl carbamates (subject to hydrolysis) is 2. The number of rotatable bonds is 24. The number of para-hydroxylation sites is 2. The second-order valence-electron chi connectivity index (χ2n) is 35.3. The quantitative estimate of drug-likeness (QED) is 0.0109. The van der Waals surface area contributed by atoms with Crippen LogP contribution in [-0.2, 0) is 60.5 Å². The van der Waals surface area contributed by atoms with E-state index in [9.17, 15) is 28.8 Å². The summed E-state index contributed by atoms with van der Waals surface area (Å²) < 4.78 is 89.6. The molecule has 4 saturated heterocycles. The van der Waals surface area contributed by atoms with E-state index in [4.69, 9.17) is 77.1 Å². The van der Waals surface area contributed by atoms with Crippen molar-refractivity contribution in [2.24, 2.45) is 11.8 Å². The molecule has 30 nitrogen and oxygen atoms in total. The summed E-state index contributed by atoms with van der Waals surface area (Å²) >= 11 is 20.4. The molecule has 0 saturated carbocycles. The summed E-state index contributed by atoms with van der Waals surface area (Å²) in [7, 11) is -1.09. The van der Waals surface area contributed by atoms with Crippen LogP contribution in [0.25, 0.3) is 11.4 Å². The third-order valence-electron chi connectivity index (χ3n) is 19.8. The zero-order valence-electron chi connectivity index (χ0n) is 71.7. The van der Waals surface area contributed by atoms with Crippen LogP contribution in [-0.4, -0.2) is 205 Å². The molecule has 6 aromatic rings. The summed E-state index contributed by atoms with van der Waals surface area (Å²) in [6, 6.07) is 13.8. The Labute approximate surface area is 716 Å². The molecule has 4 amide bonds. The van der Waals surface area contributed by atoms with Gasteiger partial charge in [-0.05, 0) is 216 Å². The molecule has 4 fully saturated rings. The predicted octanol–water partition coefficient (Wildman–Crippen LogP) is 16.1. The summed E-state index contributed by atoms with van der Waals surface area (Å²) in [5, 5.41) is 11.2. The fourth-order valence-electron chi connectivity index (χ4n) is 12.0. The second kappa shape index (κ2) is 41.4. The summed E-state index contributed by atoms with van der Waals surface area (Å²) in [5.74, 6) is -2.63. The average molecular weight is 1810 g/mol. The molecule has 4 aliphatic rings. The van der Waals surface area contributed by atoms with Crippen molar-refractivity contribution in [1.29, 1.82) is 0 Å². The molecule has 0 unspecified atom stereocenters. The van der Waals surface area contributed by atoms with E-state index < -0.39 is 88.9 Å². The van der Waals surface area contributed by atoms with Gasteiger partial charge in [-0.25, -0.2) is 57.9 Å². The van der Waals surface area contributed by atoms with Gasteiger partial charge in [0.15, 0.2) is 11.4 Å². The first-order valence-corrected chi connectivity index (χ1v) is 48.3. The van der Waals surface area contributed by atoms with E-state index >= 15 is 8.78 Å². The van der Waals surface area contributed by atoms with E-state index in [1.807, 2.05) is 107 Å². The zero-order valence-corrected chi connectivity index (χ0v) is 77.5. The minimum atomic E-state index is -1.38. The molecular formula is C78H114B2BrCl3F2N14O16Si2. The Morgan fingerprint density at radius 2 is 0.915 bits per heavy atom. The number of hydrogen-bond donors (Lipinski definition) is 4. The maximum Gasteiger partial charge on any atom is 0.488 e. The van der Waals surface area contributed by atoms with Gasteiger partial charge in [-0.3, -0.25) is 9.59 Å². The lowest BCUT2D eigenvalue weighted by molar-refractivity contribution is 0.00578. The first-order valence-electron chi connectivity index (χ1n) is 39.0. The number of methoxy groups -OCH3 is 2. The van der Waals surface area contributed by atoms with Crippen LogP contribution in [0.5, 0.6) is 0 Å². The van der Waals surface area contributed by atoms with Gasteiger partial charge in [0.1, 0.15) is 51.7 Å². The Morgan fingerprint density at radius 1 is 0.542 bits per heavy atom. The number of hydrogen-bond acceptors (Lipinski definition) is 24. The van der Waals surface area contributed by atoms with E-state index in [-0.39, 0.29) is 109 Å². The van der Waals surface area contributed by atoms with Gasteiger partial charge in [0.25, 0.3) is 11.8 Å². The number of benzene rings is 2. The molecule has 4 aromatic heterocycles. The largest absolute Gasteiger partial charge is 0.488 e. The van der Waals surface area contributed by atoms with Gasteiger partial charge in [0.05, 0.1) is 65.1 Å². The smallest absolute Gasteiger partial charge is 0.464 e. The van der Waals surface area contributed by atoms with Crippen molar-refractivity contribution in [2.75, 3.05) is 87.1 Å². The van der Waals surface area contributed by atoms with Crippen LogP contribution < -0.4 is 31.1 Å². The van der Waals surface area contributed by atoms with Crippen molar-refractivity contribution in [3.63, 3.8) is 0 Å². The van der Waals surface area contributed by atoms with Crippen molar-refractivity contribution >= 4 is 140 Å². The number of amides is 4. The van der Waals surface area contributed by atoms with E-state index in [2.05, 4.69) is 111 Å². The number of imidazole rings is 2. The van der Waals surface area contributed by atoms with E-state index in [0.717, 1.165) is 24.9 Å². The molecule has 0 radical (unpaired) electrons. The van der Waals surface area contributed by atoms with Crippen molar-refractivity contribution in [3.8, 4) is 11.4 Å². The van der Waals surface area contributed by atoms with E-state index in [1.165, 1.54) is 49.1 Å². The van der Waals surface area contributed by atoms with Crippen LogP contribution in [0, 0.1) is 23.5 Å². The van der Waals surface area contributed by atoms with Gasteiger partial charge in [-0.1, -0.05) is 63.0 Å². The topological polar surface area (TPSA) is 337 Å². The standard InChI is InChI=1S/C33H45ClFN7O6Si.C27H41BrFN5O4Si.C12H24B2O4.C6H4Cl2N2O2/c1-33(2,3)48-32(45)36-18-21-11-13-41(14-12-21)27-22(35)9-8-10-23(27)38-29(43)28-37-26(19-42(28)20-47-15-16-49(5,6)7)24-17-25(30(44)46-4)40-31(34)39-24;1-27(2,3)38-26(36)30-16-19-10-12-33(13-11-19)23-20(29)8-7-9-21(23)31-25(35)24-32-22(28)17-34(24)18-37-14-15-39(4,5)6;1-9(2)10(3,4)16-13(15-9)14-17-11(5,6)12(7,8)18-14;1-12-5(11)3-2-4(7)10-6(8)9-3/h8-10,17,19,21H,11-16,18,20H2,1-7H3,(H,36,45)(H,38,43);7-9,17,19H,10-16,18H2,1-6H3,(H,30,36)(H,31,35);1-8H3;2H,1H3. The molecule has 0 aliphatic carbocycles. The Hall–Kier alpha value is -7.43. The number of nitrogens with zero attached hydrogens (tertiary/aromatic N) is 10. The summed E-state index contributed by atoms with van der Waals surface area (Å²) in [5.41, 5.74) is -0.868. The fourth-order valence-corrected chi connectivity index (χ4v) is 14.5. The normalized spacial score (nSPS) is 16.6. The van der Waals surface area contributed by atoms with Crippen LogP contribution in [0.4, 0.5) is 41.1 Å². The first-order chi connectivity index (χ1) is 54.7. The molecule has 10 rings (SSSR count). The van der Waals surface area contributed by atoms with Crippen LogP contribution in [0.2, 0.25) is 67.1 Å². The number of aromatic nitrogens is 8. The molecule has 40 heteroatoms. The Balaban J connectivity index is 0.000000244. The highest BCUT2D eigenvalue weighted by Crippen LogP contribution is 2.44. The van der Waals surface area contributed by atoms with Gasteiger partial charge < -0.3 is 87.2 Å². The molecule has 4 N–H and O–H groups in total. The van der Waals surface area contributed by atoms with Crippen LogP contribution in [0.3, 0.4) is 0 Å². The zero-order chi connectivity index (χ0) is 87.8. The van der Waals surface area contributed by atoms with Crippen molar-refractivity contribution in [1.82, 2.24) is 49.7 Å². The summed E-state index contributed by atoms with van der Waals surface area (Å²) in [4.78, 5) is 102. The number of anilines is 4. The van der Waals surface area contributed by atoms with Crippen molar-refractivity contribution in [2.45, 2.75) is 221 Å². The lowest BCUT2D eigenvalue weighted by atomic mass is 9.49. The maximum atomic E-state index is 15.4. The number of carbonyl (C=O) groups excluding carboxylic acids is 6. The van der Waals surface area contributed by atoms with Crippen LogP contribution in [0.1, 0.15) is 165 Å². The predicted molar refractivity (Wildman–Crippen MR) is 460 cm³/mol. The Bertz CT molecular complexity index is 4370. The SMILES string of the molecule is CC(C)(C)OC(=O)NCC1CCN(c2c(F)cccc2NC(=O)c2nc(Br)cn2COCC[Si](C)(C)C)CC1.CC1(C)OB(B2OC(C)(C)C(C)(C)O2)OC1(C)C.COC(=O)c1cc(-c2cn(COCC[Si](C)(C)C)c(C(=O)Nc3cccc(F)c3N3CCC(CNC(=O)OC(C)(C)C)CC3)n2)nc(Cl)n1.COC(=O)c1cc(Cl)nc(Cl)n1.